The Balaban J connectivity index is 2.47. The van der Waals surface area contributed by atoms with Crippen LogP contribution in [0.15, 0.2) is 36.5 Å². The number of quaternary nitrogens is 1. The van der Waals surface area contributed by atoms with Crippen molar-refractivity contribution in [3.8, 4) is 0 Å². The van der Waals surface area contributed by atoms with Gasteiger partial charge in [-0.05, 0) is 12.1 Å². The molecule has 1 aliphatic heterocycles. The summed E-state index contributed by atoms with van der Waals surface area (Å²) in [5, 5.41) is 2.15. The van der Waals surface area contributed by atoms with Crippen LogP contribution in [0.1, 0.15) is 5.56 Å². The van der Waals surface area contributed by atoms with Crippen LogP contribution in [0.2, 0.25) is 0 Å². The van der Waals surface area contributed by atoms with Crippen molar-refractivity contribution in [3.05, 3.63) is 42.1 Å². The summed E-state index contributed by atoms with van der Waals surface area (Å²) in [7, 11) is 0. The third kappa shape index (κ3) is 0.847. The fraction of sp³-hybridized carbons (Fsp3) is 0.111. The van der Waals surface area contributed by atoms with Crippen LogP contribution in [0.4, 0.5) is 5.69 Å². The van der Waals surface area contributed by atoms with Gasteiger partial charge in [0.05, 0.1) is 6.20 Å². The molecule has 0 aromatic heterocycles. The summed E-state index contributed by atoms with van der Waals surface area (Å²) in [5.41, 5.74) is 2.80. The number of allylic oxidation sites excluding steroid dienone is 1. The highest BCUT2D eigenvalue weighted by atomic mass is 14.8. The van der Waals surface area contributed by atoms with E-state index in [1.807, 2.05) is 0 Å². The lowest BCUT2D eigenvalue weighted by Gasteiger charge is -2.05. The molecule has 0 atom stereocenters. The van der Waals surface area contributed by atoms with Crippen molar-refractivity contribution in [1.29, 1.82) is 0 Å². The van der Waals surface area contributed by atoms with E-state index in [0.29, 0.717) is 0 Å². The first kappa shape index (κ1) is 5.69. The van der Waals surface area contributed by atoms with Crippen molar-refractivity contribution in [1.82, 2.24) is 0 Å². The molecule has 0 amide bonds. The second kappa shape index (κ2) is 2.27. The average Bonchev–Trinajstić information content (AvgIpc) is 2.05. The molecule has 0 bridgehead atoms. The first-order valence-corrected chi connectivity index (χ1v) is 3.54. The van der Waals surface area contributed by atoms with Gasteiger partial charge in [0.15, 0.2) is 0 Å². The van der Waals surface area contributed by atoms with Crippen molar-refractivity contribution >= 4 is 5.69 Å². The van der Waals surface area contributed by atoms with Gasteiger partial charge in [-0.2, -0.15) is 0 Å². The van der Waals surface area contributed by atoms with E-state index in [2.05, 4.69) is 41.9 Å². The summed E-state index contributed by atoms with van der Waals surface area (Å²) < 4.78 is 0. The van der Waals surface area contributed by atoms with Gasteiger partial charge in [0.2, 0.25) is 0 Å². The van der Waals surface area contributed by atoms with Gasteiger partial charge >= 0.3 is 0 Å². The van der Waals surface area contributed by atoms with Gasteiger partial charge in [-0.25, -0.2) is 0 Å². The minimum Gasteiger partial charge on any atom is -0.288 e. The van der Waals surface area contributed by atoms with Crippen molar-refractivity contribution in [2.24, 2.45) is 0 Å². The molecule has 1 aromatic rings. The van der Waals surface area contributed by atoms with E-state index in [0.717, 1.165) is 6.42 Å². The zero-order valence-electron chi connectivity index (χ0n) is 5.75. The second-order valence-electron chi connectivity index (χ2n) is 2.50. The highest BCUT2D eigenvalue weighted by molar-refractivity contribution is 5.41. The molecule has 10 heavy (non-hydrogen) atoms. The monoisotopic (exact) mass is 132 g/mol. The fourth-order valence-electron chi connectivity index (χ4n) is 1.25. The van der Waals surface area contributed by atoms with Crippen molar-refractivity contribution in [2.75, 3.05) is 0 Å². The molecule has 1 aliphatic rings. The van der Waals surface area contributed by atoms with E-state index in [-0.39, 0.29) is 0 Å². The van der Waals surface area contributed by atoms with Gasteiger partial charge in [0, 0.05) is 12.0 Å². The molecule has 0 aliphatic carbocycles. The zero-order chi connectivity index (χ0) is 6.81. The number of benzene rings is 1. The van der Waals surface area contributed by atoms with Crippen LogP contribution in [-0.4, -0.2) is 0 Å². The number of fused-ring (bicyclic) bond motifs is 1. The Morgan fingerprint density at radius 2 is 2.10 bits per heavy atom. The summed E-state index contributed by atoms with van der Waals surface area (Å²) in [4.78, 5) is 0. The van der Waals surface area contributed by atoms with Crippen LogP contribution in [0.3, 0.4) is 0 Å². The number of hydrogen-bond acceptors (Lipinski definition) is 0. The first-order valence-electron chi connectivity index (χ1n) is 3.54. The molecule has 2 rings (SSSR count). The lowest BCUT2D eigenvalue weighted by atomic mass is 10.1. The minimum absolute atomic E-state index is 1.09. The highest BCUT2D eigenvalue weighted by Crippen LogP contribution is 2.11. The SMILES string of the molecule is C1=C[NH2+]c2ccccc2C1. The molecule has 0 saturated heterocycles. The Morgan fingerprint density at radius 3 is 3.00 bits per heavy atom. The summed E-state index contributed by atoms with van der Waals surface area (Å²) in [6, 6.07) is 8.49. The molecule has 2 N–H and O–H groups in total. The van der Waals surface area contributed by atoms with E-state index >= 15 is 0 Å². The molecular formula is C9H10N+. The smallest absolute Gasteiger partial charge is 0.137 e. The summed E-state index contributed by atoms with van der Waals surface area (Å²) in [5.74, 6) is 0. The number of hydrogen-bond donors (Lipinski definition) is 1. The van der Waals surface area contributed by atoms with E-state index in [1.54, 1.807) is 0 Å². The molecule has 1 aromatic carbocycles. The normalized spacial score (nSPS) is 14.8. The number of nitrogens with two attached hydrogens (primary N) is 1. The van der Waals surface area contributed by atoms with Crippen molar-refractivity contribution in [3.63, 3.8) is 0 Å². The maximum absolute atomic E-state index is 2.18. The van der Waals surface area contributed by atoms with Crippen molar-refractivity contribution in [2.45, 2.75) is 6.42 Å². The fourth-order valence-corrected chi connectivity index (χ4v) is 1.25. The quantitative estimate of drug-likeness (QED) is 0.506. The summed E-state index contributed by atoms with van der Waals surface area (Å²) >= 11 is 0. The third-order valence-corrected chi connectivity index (χ3v) is 1.80. The minimum atomic E-state index is 1.09. The molecule has 0 spiro atoms. The largest absolute Gasteiger partial charge is 0.288 e. The molecule has 0 saturated carbocycles. The zero-order valence-corrected chi connectivity index (χ0v) is 5.75. The molecule has 50 valence electrons. The summed E-state index contributed by atoms with van der Waals surface area (Å²) in [6.45, 7) is 0. The first-order chi connectivity index (χ1) is 4.97. The lowest BCUT2D eigenvalue weighted by molar-refractivity contribution is -0.498. The van der Waals surface area contributed by atoms with Crippen LogP contribution in [0.5, 0.6) is 0 Å². The van der Waals surface area contributed by atoms with Crippen LogP contribution >= 0.6 is 0 Å². The molecule has 0 unspecified atom stereocenters. The Labute approximate surface area is 60.4 Å². The van der Waals surface area contributed by atoms with Crippen LogP contribution in [0.25, 0.3) is 0 Å². The predicted octanol–water partition coefficient (Wildman–Crippen LogP) is 0.951. The van der Waals surface area contributed by atoms with Gasteiger partial charge in [-0.3, -0.25) is 5.32 Å². The lowest BCUT2D eigenvalue weighted by Crippen LogP contribution is -2.72. The van der Waals surface area contributed by atoms with E-state index in [9.17, 15) is 0 Å². The second-order valence-corrected chi connectivity index (χ2v) is 2.50. The topological polar surface area (TPSA) is 16.6 Å². The maximum Gasteiger partial charge on any atom is 0.137 e. The maximum atomic E-state index is 2.18. The molecule has 0 radical (unpaired) electrons. The van der Waals surface area contributed by atoms with E-state index < -0.39 is 0 Å². The van der Waals surface area contributed by atoms with Crippen LogP contribution in [0, 0.1) is 0 Å². The molecule has 1 heterocycles. The Bertz CT molecular complexity index is 236. The number of para-hydroxylation sites is 1. The standard InChI is InChI=1S/C9H9N/c1-2-6-9-8(4-1)5-3-7-10-9/h1-4,6-7,10H,5H2/p+1. The molecule has 0 fully saturated rings. The molecular weight excluding hydrogens is 122 g/mol. The predicted molar refractivity (Wildman–Crippen MR) is 40.9 cm³/mol. The Morgan fingerprint density at radius 1 is 1.20 bits per heavy atom. The molecule has 1 heteroatoms. The van der Waals surface area contributed by atoms with Crippen LogP contribution < -0.4 is 5.32 Å². The average molecular weight is 132 g/mol. The van der Waals surface area contributed by atoms with Gasteiger partial charge in [-0.1, -0.05) is 18.2 Å². The van der Waals surface area contributed by atoms with E-state index in [1.165, 1.54) is 11.3 Å². The Kier molecular flexibility index (Phi) is 1.29. The van der Waals surface area contributed by atoms with Crippen molar-refractivity contribution < 1.29 is 5.32 Å². The third-order valence-electron chi connectivity index (χ3n) is 1.80. The Hall–Kier alpha value is -1.08. The van der Waals surface area contributed by atoms with Gasteiger partial charge < -0.3 is 0 Å². The van der Waals surface area contributed by atoms with Gasteiger partial charge in [0.25, 0.3) is 0 Å². The van der Waals surface area contributed by atoms with Gasteiger partial charge in [-0.15, -0.1) is 0 Å². The number of rotatable bonds is 0. The molecule has 1 nitrogen and oxygen atoms in total. The summed E-state index contributed by atoms with van der Waals surface area (Å²) in [6.07, 6.45) is 5.39. The van der Waals surface area contributed by atoms with Gasteiger partial charge in [0.1, 0.15) is 5.69 Å². The van der Waals surface area contributed by atoms with Crippen LogP contribution in [-0.2, 0) is 6.42 Å². The van der Waals surface area contributed by atoms with E-state index in [4.69, 9.17) is 0 Å². The highest BCUT2D eigenvalue weighted by Gasteiger charge is 2.04.